The third-order valence-electron chi connectivity index (χ3n) is 2.05. The monoisotopic (exact) mass is 216 g/mol. The van der Waals surface area contributed by atoms with Gasteiger partial charge in [0.15, 0.2) is 5.82 Å². The van der Waals surface area contributed by atoms with Crippen LogP contribution in [0.1, 0.15) is 0 Å². The molecule has 0 amide bonds. The lowest BCUT2D eigenvalue weighted by Gasteiger charge is -2.05. The fourth-order valence-corrected chi connectivity index (χ4v) is 1.28. The summed E-state index contributed by atoms with van der Waals surface area (Å²) in [5.74, 6) is 1.09. The Hall–Kier alpha value is -2.17. The molecule has 16 heavy (non-hydrogen) atoms. The SMILES string of the molecule is CNc1nc(OC)nc(-c2ccccc2)n1. The highest BCUT2D eigenvalue weighted by Gasteiger charge is 2.06. The van der Waals surface area contributed by atoms with Crippen molar-refractivity contribution in [2.45, 2.75) is 0 Å². The molecule has 0 aliphatic heterocycles. The van der Waals surface area contributed by atoms with Crippen molar-refractivity contribution in [2.24, 2.45) is 0 Å². The van der Waals surface area contributed by atoms with Crippen LogP contribution in [0, 0.1) is 0 Å². The zero-order valence-electron chi connectivity index (χ0n) is 9.14. The largest absolute Gasteiger partial charge is 0.467 e. The standard InChI is InChI=1S/C11H12N4O/c1-12-10-13-9(14-11(15-10)16-2)8-6-4-3-5-7-8/h3-7H,1-2H3,(H,12,13,14,15). The summed E-state index contributed by atoms with van der Waals surface area (Å²) < 4.78 is 5.02. The highest BCUT2D eigenvalue weighted by molar-refractivity contribution is 5.56. The van der Waals surface area contributed by atoms with Crippen molar-refractivity contribution < 1.29 is 4.74 Å². The van der Waals surface area contributed by atoms with Crippen molar-refractivity contribution in [2.75, 3.05) is 19.5 Å². The number of nitrogens with one attached hydrogen (secondary N) is 1. The number of hydrogen-bond donors (Lipinski definition) is 1. The molecule has 0 atom stereocenters. The molecule has 0 unspecified atom stereocenters. The summed E-state index contributed by atoms with van der Waals surface area (Å²) in [6, 6.07) is 10.00. The molecule has 2 rings (SSSR count). The molecular formula is C11H12N4O. The van der Waals surface area contributed by atoms with Crippen LogP contribution >= 0.6 is 0 Å². The van der Waals surface area contributed by atoms with Crippen LogP contribution in [0.5, 0.6) is 6.01 Å². The van der Waals surface area contributed by atoms with E-state index < -0.39 is 0 Å². The molecular weight excluding hydrogens is 204 g/mol. The Kier molecular flexibility index (Phi) is 2.95. The fraction of sp³-hybridized carbons (Fsp3) is 0.182. The molecule has 0 aliphatic carbocycles. The van der Waals surface area contributed by atoms with Crippen molar-refractivity contribution in [1.29, 1.82) is 0 Å². The third kappa shape index (κ3) is 2.08. The molecule has 2 aromatic rings. The van der Waals surface area contributed by atoms with Gasteiger partial charge >= 0.3 is 6.01 Å². The average Bonchev–Trinajstić information content (AvgIpc) is 2.39. The topological polar surface area (TPSA) is 59.9 Å². The molecule has 0 saturated heterocycles. The first kappa shape index (κ1) is 10.4. The zero-order chi connectivity index (χ0) is 11.4. The molecule has 0 spiro atoms. The number of benzene rings is 1. The summed E-state index contributed by atoms with van der Waals surface area (Å²) in [6.07, 6.45) is 0. The van der Waals surface area contributed by atoms with Crippen LogP contribution < -0.4 is 10.1 Å². The lowest BCUT2D eigenvalue weighted by molar-refractivity contribution is 0.379. The Morgan fingerprint density at radius 2 is 1.81 bits per heavy atom. The van der Waals surface area contributed by atoms with Gasteiger partial charge in [-0.25, -0.2) is 0 Å². The molecule has 0 bridgehead atoms. The first-order valence-electron chi connectivity index (χ1n) is 4.86. The summed E-state index contributed by atoms with van der Waals surface area (Å²) in [7, 11) is 3.28. The minimum absolute atomic E-state index is 0.304. The number of ether oxygens (including phenoxy) is 1. The minimum atomic E-state index is 0.304. The van der Waals surface area contributed by atoms with Crippen LogP contribution in [-0.4, -0.2) is 29.1 Å². The Morgan fingerprint density at radius 3 is 2.44 bits per heavy atom. The normalized spacial score (nSPS) is 9.88. The molecule has 5 nitrogen and oxygen atoms in total. The van der Waals surface area contributed by atoms with Gasteiger partial charge in [-0.15, -0.1) is 0 Å². The number of hydrogen-bond acceptors (Lipinski definition) is 5. The fourth-order valence-electron chi connectivity index (χ4n) is 1.28. The molecule has 1 heterocycles. The molecule has 1 aromatic carbocycles. The molecule has 0 radical (unpaired) electrons. The van der Waals surface area contributed by atoms with Gasteiger partial charge in [-0.05, 0) is 0 Å². The van der Waals surface area contributed by atoms with Gasteiger partial charge in [-0.3, -0.25) is 0 Å². The van der Waals surface area contributed by atoms with Crippen LogP contribution in [0.15, 0.2) is 30.3 Å². The van der Waals surface area contributed by atoms with E-state index >= 15 is 0 Å². The van der Waals surface area contributed by atoms with Gasteiger partial charge in [-0.2, -0.15) is 15.0 Å². The van der Waals surface area contributed by atoms with Gasteiger partial charge in [0.2, 0.25) is 5.95 Å². The average molecular weight is 216 g/mol. The van der Waals surface area contributed by atoms with E-state index in [0.29, 0.717) is 17.8 Å². The Morgan fingerprint density at radius 1 is 1.06 bits per heavy atom. The Bertz CT molecular complexity index is 450. The van der Waals surface area contributed by atoms with E-state index in [1.165, 1.54) is 7.11 Å². The number of rotatable bonds is 3. The summed E-state index contributed by atoms with van der Waals surface area (Å²) >= 11 is 0. The minimum Gasteiger partial charge on any atom is -0.467 e. The van der Waals surface area contributed by atoms with Crippen LogP contribution in [0.2, 0.25) is 0 Å². The maximum Gasteiger partial charge on any atom is 0.321 e. The highest BCUT2D eigenvalue weighted by Crippen LogP contribution is 2.17. The van der Waals surface area contributed by atoms with E-state index in [2.05, 4.69) is 20.3 Å². The lowest BCUT2D eigenvalue weighted by Crippen LogP contribution is -2.03. The second-order valence-corrected chi connectivity index (χ2v) is 3.09. The van der Waals surface area contributed by atoms with Crippen LogP contribution in [0.4, 0.5) is 5.95 Å². The third-order valence-corrected chi connectivity index (χ3v) is 2.05. The number of anilines is 1. The van der Waals surface area contributed by atoms with Crippen molar-refractivity contribution in [1.82, 2.24) is 15.0 Å². The lowest BCUT2D eigenvalue weighted by atomic mass is 10.2. The molecule has 1 N–H and O–H groups in total. The second-order valence-electron chi connectivity index (χ2n) is 3.09. The van der Waals surface area contributed by atoms with Gasteiger partial charge in [0.05, 0.1) is 7.11 Å². The summed E-state index contributed by atoms with van der Waals surface area (Å²) in [5.41, 5.74) is 0.930. The zero-order valence-corrected chi connectivity index (χ0v) is 9.14. The predicted octanol–water partition coefficient (Wildman–Crippen LogP) is 1.59. The highest BCUT2D eigenvalue weighted by atomic mass is 16.5. The van der Waals surface area contributed by atoms with E-state index in [4.69, 9.17) is 4.74 Å². The second kappa shape index (κ2) is 4.57. The van der Waals surface area contributed by atoms with Crippen LogP contribution in [0.25, 0.3) is 11.4 Å². The van der Waals surface area contributed by atoms with Gasteiger partial charge in [-0.1, -0.05) is 30.3 Å². The first-order chi connectivity index (χ1) is 7.83. The van der Waals surface area contributed by atoms with E-state index in [0.717, 1.165) is 5.56 Å². The smallest absolute Gasteiger partial charge is 0.321 e. The van der Waals surface area contributed by atoms with Crippen molar-refractivity contribution >= 4 is 5.95 Å². The summed E-state index contributed by atoms with van der Waals surface area (Å²) in [4.78, 5) is 12.5. The molecule has 0 fully saturated rings. The predicted molar refractivity (Wildman–Crippen MR) is 61.4 cm³/mol. The molecule has 1 aromatic heterocycles. The van der Waals surface area contributed by atoms with E-state index in [1.807, 2.05) is 30.3 Å². The van der Waals surface area contributed by atoms with Gasteiger partial charge in [0.25, 0.3) is 0 Å². The van der Waals surface area contributed by atoms with Crippen molar-refractivity contribution in [3.63, 3.8) is 0 Å². The Balaban J connectivity index is 2.48. The van der Waals surface area contributed by atoms with E-state index in [1.54, 1.807) is 7.05 Å². The van der Waals surface area contributed by atoms with E-state index in [9.17, 15) is 0 Å². The van der Waals surface area contributed by atoms with E-state index in [-0.39, 0.29) is 0 Å². The maximum atomic E-state index is 5.02. The Labute approximate surface area is 93.5 Å². The summed E-state index contributed by atoms with van der Waals surface area (Å²) in [6.45, 7) is 0. The maximum absolute atomic E-state index is 5.02. The van der Waals surface area contributed by atoms with Crippen LogP contribution in [0.3, 0.4) is 0 Å². The van der Waals surface area contributed by atoms with Crippen molar-refractivity contribution in [3.05, 3.63) is 30.3 Å². The molecule has 82 valence electrons. The number of methoxy groups -OCH3 is 1. The number of aromatic nitrogens is 3. The van der Waals surface area contributed by atoms with Crippen LogP contribution in [-0.2, 0) is 0 Å². The molecule has 5 heteroatoms. The first-order valence-corrected chi connectivity index (χ1v) is 4.86. The molecule has 0 saturated carbocycles. The van der Waals surface area contributed by atoms with Gasteiger partial charge < -0.3 is 10.1 Å². The van der Waals surface area contributed by atoms with Crippen molar-refractivity contribution in [3.8, 4) is 17.4 Å². The summed E-state index contributed by atoms with van der Waals surface area (Å²) in [5, 5.41) is 2.87. The van der Waals surface area contributed by atoms with Gasteiger partial charge in [0.1, 0.15) is 0 Å². The quantitative estimate of drug-likeness (QED) is 0.844. The van der Waals surface area contributed by atoms with Gasteiger partial charge in [0, 0.05) is 12.6 Å². The number of nitrogens with zero attached hydrogens (tertiary/aromatic N) is 3. The molecule has 0 aliphatic rings.